The van der Waals surface area contributed by atoms with Crippen molar-refractivity contribution in [3.8, 4) is 0 Å². The molecule has 0 radical (unpaired) electrons. The quantitative estimate of drug-likeness (QED) is 0.199. The lowest BCUT2D eigenvalue weighted by molar-refractivity contribution is 0.0389. The van der Waals surface area contributed by atoms with Crippen LogP contribution in [0.25, 0.3) is 0 Å². The van der Waals surface area contributed by atoms with Gasteiger partial charge in [-0.2, -0.15) is 11.8 Å². The lowest BCUT2D eigenvalue weighted by atomic mass is 10.4. The second-order valence-electron chi connectivity index (χ2n) is 6.18. The summed E-state index contributed by atoms with van der Waals surface area (Å²) in [6.45, 7) is 10.2. The minimum absolute atomic E-state index is 0. The second kappa shape index (κ2) is 15.3. The molecule has 1 aliphatic rings. The molecule has 0 saturated carbocycles. The first kappa shape index (κ1) is 24.4. The molecular weight excluding hydrogens is 477 g/mol. The summed E-state index contributed by atoms with van der Waals surface area (Å²) < 4.78 is 7.49. The van der Waals surface area contributed by atoms with Crippen molar-refractivity contribution in [3.63, 3.8) is 0 Å². The van der Waals surface area contributed by atoms with Crippen LogP contribution in [0.15, 0.2) is 11.3 Å². The first-order valence-corrected chi connectivity index (χ1v) is 10.9. The van der Waals surface area contributed by atoms with E-state index in [0.29, 0.717) is 0 Å². The van der Waals surface area contributed by atoms with Gasteiger partial charge in [0.2, 0.25) is 0 Å². The zero-order valence-corrected chi connectivity index (χ0v) is 19.7. The summed E-state index contributed by atoms with van der Waals surface area (Å²) in [6, 6.07) is 0. The molecule has 8 nitrogen and oxygen atoms in total. The van der Waals surface area contributed by atoms with Gasteiger partial charge in [0.1, 0.15) is 12.2 Å². The number of hydrogen-bond donors (Lipinski definition) is 2. The maximum atomic E-state index is 5.40. The summed E-state index contributed by atoms with van der Waals surface area (Å²) in [7, 11) is 0. The standard InChI is InChI=1S/C17H33N7OS.HI/c1-3-16-22-21-15-24(16)9-7-20-17(18-5-4-14-26-2)19-6-8-23-10-12-25-13-11-23;/h15H,3-14H2,1-2H3,(H2,18,19,20);1H. The summed E-state index contributed by atoms with van der Waals surface area (Å²) in [5.41, 5.74) is 0. The Morgan fingerprint density at radius 1 is 1.26 bits per heavy atom. The van der Waals surface area contributed by atoms with Gasteiger partial charge in [-0.15, -0.1) is 34.2 Å². The van der Waals surface area contributed by atoms with Gasteiger partial charge in [-0.3, -0.25) is 9.89 Å². The van der Waals surface area contributed by atoms with Crippen LogP contribution in [0.2, 0.25) is 0 Å². The van der Waals surface area contributed by atoms with Gasteiger partial charge >= 0.3 is 0 Å². The normalized spacial score (nSPS) is 15.4. The Labute approximate surface area is 184 Å². The Morgan fingerprint density at radius 2 is 2.00 bits per heavy atom. The number of aryl methyl sites for hydroxylation is 1. The van der Waals surface area contributed by atoms with Crippen LogP contribution in [-0.2, 0) is 17.7 Å². The van der Waals surface area contributed by atoms with E-state index < -0.39 is 0 Å². The van der Waals surface area contributed by atoms with Gasteiger partial charge in [0.25, 0.3) is 0 Å². The van der Waals surface area contributed by atoms with E-state index in [1.165, 1.54) is 0 Å². The summed E-state index contributed by atoms with van der Waals surface area (Å²) >= 11 is 1.86. The van der Waals surface area contributed by atoms with Crippen molar-refractivity contribution < 1.29 is 4.74 Å². The molecule has 1 saturated heterocycles. The summed E-state index contributed by atoms with van der Waals surface area (Å²) in [4.78, 5) is 7.13. The fourth-order valence-corrected chi connectivity index (χ4v) is 3.18. The largest absolute Gasteiger partial charge is 0.379 e. The third-order valence-corrected chi connectivity index (χ3v) is 4.95. The Morgan fingerprint density at radius 3 is 2.70 bits per heavy atom. The van der Waals surface area contributed by atoms with Gasteiger partial charge in [-0.25, -0.2) is 0 Å². The highest BCUT2D eigenvalue weighted by atomic mass is 127. The van der Waals surface area contributed by atoms with Gasteiger partial charge in [0.15, 0.2) is 5.96 Å². The minimum atomic E-state index is 0. The van der Waals surface area contributed by atoms with Crippen LogP contribution in [0.1, 0.15) is 19.2 Å². The molecule has 0 aromatic carbocycles. The van der Waals surface area contributed by atoms with Crippen LogP contribution in [0, 0.1) is 0 Å². The van der Waals surface area contributed by atoms with Gasteiger partial charge in [-0.1, -0.05) is 6.92 Å². The topological polar surface area (TPSA) is 79.6 Å². The highest BCUT2D eigenvalue weighted by Gasteiger charge is 2.09. The van der Waals surface area contributed by atoms with E-state index in [-0.39, 0.29) is 24.0 Å². The first-order valence-electron chi connectivity index (χ1n) is 9.51. The van der Waals surface area contributed by atoms with Gasteiger partial charge in [-0.05, 0) is 18.4 Å². The average molecular weight is 511 g/mol. The second-order valence-corrected chi connectivity index (χ2v) is 7.16. The fourth-order valence-electron chi connectivity index (χ4n) is 2.77. The number of thioether (sulfide) groups is 1. The Bertz CT molecular complexity index is 523. The van der Waals surface area contributed by atoms with E-state index in [2.05, 4.69) is 43.5 Å². The van der Waals surface area contributed by atoms with Gasteiger partial charge in [0.05, 0.1) is 13.2 Å². The third kappa shape index (κ3) is 9.95. The maximum absolute atomic E-state index is 5.40. The molecule has 0 bridgehead atoms. The molecule has 0 atom stereocenters. The first-order chi connectivity index (χ1) is 12.8. The molecule has 0 amide bonds. The molecule has 1 aliphatic heterocycles. The Balaban J connectivity index is 0.00000364. The number of nitrogens with zero attached hydrogens (tertiary/aromatic N) is 5. The van der Waals surface area contributed by atoms with E-state index in [9.17, 15) is 0 Å². The number of guanidine groups is 1. The maximum Gasteiger partial charge on any atom is 0.191 e. The van der Waals surface area contributed by atoms with Crippen molar-refractivity contribution in [1.82, 2.24) is 30.3 Å². The number of rotatable bonds is 11. The lowest BCUT2D eigenvalue weighted by Crippen LogP contribution is -2.45. The molecule has 0 aliphatic carbocycles. The number of nitrogens with one attached hydrogen (secondary N) is 2. The number of aromatic nitrogens is 3. The smallest absolute Gasteiger partial charge is 0.191 e. The molecule has 1 fully saturated rings. The van der Waals surface area contributed by atoms with E-state index in [1.54, 1.807) is 6.33 Å². The number of aliphatic imine (C=N–C) groups is 1. The molecule has 1 aromatic rings. The Kier molecular flexibility index (Phi) is 13.9. The molecule has 156 valence electrons. The van der Waals surface area contributed by atoms with E-state index in [1.807, 2.05) is 11.8 Å². The predicted molar refractivity (Wildman–Crippen MR) is 123 cm³/mol. The zero-order chi connectivity index (χ0) is 18.5. The molecule has 1 aromatic heterocycles. The third-order valence-electron chi connectivity index (χ3n) is 4.26. The average Bonchev–Trinajstić information content (AvgIpc) is 3.13. The van der Waals surface area contributed by atoms with E-state index in [0.717, 1.165) is 89.4 Å². The number of halogens is 1. The molecular formula is C17H34IN7OS. The van der Waals surface area contributed by atoms with Crippen molar-refractivity contribution in [2.24, 2.45) is 4.99 Å². The van der Waals surface area contributed by atoms with Gasteiger partial charge in [0, 0.05) is 52.2 Å². The van der Waals surface area contributed by atoms with E-state index >= 15 is 0 Å². The van der Waals surface area contributed by atoms with Crippen molar-refractivity contribution in [1.29, 1.82) is 0 Å². The molecule has 0 spiro atoms. The Hall–Kier alpha value is -0.590. The molecule has 0 unspecified atom stereocenters. The molecule has 2 rings (SSSR count). The van der Waals surface area contributed by atoms with Gasteiger partial charge < -0.3 is 19.9 Å². The summed E-state index contributed by atoms with van der Waals surface area (Å²) in [6.07, 6.45) is 5.92. The number of ether oxygens (including phenoxy) is 1. The van der Waals surface area contributed by atoms with Crippen molar-refractivity contribution in [2.75, 3.05) is 64.5 Å². The van der Waals surface area contributed by atoms with E-state index in [4.69, 9.17) is 9.73 Å². The summed E-state index contributed by atoms with van der Waals surface area (Å²) in [5.74, 6) is 3.06. The minimum Gasteiger partial charge on any atom is -0.379 e. The monoisotopic (exact) mass is 511 g/mol. The van der Waals surface area contributed by atoms with Crippen LogP contribution in [0.3, 0.4) is 0 Å². The number of morpholine rings is 1. The van der Waals surface area contributed by atoms with Crippen LogP contribution >= 0.6 is 35.7 Å². The molecule has 10 heteroatoms. The molecule has 2 N–H and O–H groups in total. The highest BCUT2D eigenvalue weighted by Crippen LogP contribution is 1.97. The van der Waals surface area contributed by atoms with Crippen LogP contribution in [0.4, 0.5) is 0 Å². The summed E-state index contributed by atoms with van der Waals surface area (Å²) in [5, 5.41) is 15.0. The van der Waals surface area contributed by atoms with Crippen molar-refractivity contribution in [3.05, 3.63) is 12.2 Å². The molecule has 27 heavy (non-hydrogen) atoms. The SMILES string of the molecule is CCc1nncn1CCNC(=NCCCSC)NCCN1CCOCC1.I. The van der Waals surface area contributed by atoms with Crippen molar-refractivity contribution in [2.45, 2.75) is 26.3 Å². The van der Waals surface area contributed by atoms with Crippen LogP contribution in [0.5, 0.6) is 0 Å². The number of hydrogen-bond acceptors (Lipinski definition) is 6. The fraction of sp³-hybridized carbons (Fsp3) is 0.824. The van der Waals surface area contributed by atoms with Crippen molar-refractivity contribution >= 4 is 41.7 Å². The van der Waals surface area contributed by atoms with Crippen LogP contribution < -0.4 is 10.6 Å². The molecule has 2 heterocycles. The zero-order valence-electron chi connectivity index (χ0n) is 16.5. The lowest BCUT2D eigenvalue weighted by Gasteiger charge is -2.26. The van der Waals surface area contributed by atoms with Crippen LogP contribution in [-0.4, -0.2) is 90.1 Å². The highest BCUT2D eigenvalue weighted by molar-refractivity contribution is 14.0. The predicted octanol–water partition coefficient (Wildman–Crippen LogP) is 1.08.